The van der Waals surface area contributed by atoms with Gasteiger partial charge in [-0.2, -0.15) is 0 Å². The van der Waals surface area contributed by atoms with Crippen LogP contribution in [0.3, 0.4) is 0 Å². The van der Waals surface area contributed by atoms with Gasteiger partial charge in [0.1, 0.15) is 10.0 Å². The number of allylic oxidation sites excluding steroid dienone is 3. The number of quaternary nitrogens is 1. The summed E-state index contributed by atoms with van der Waals surface area (Å²) >= 11 is 6.75. The number of unbranched alkanes of at least 4 members (excludes halogenated alkanes) is 1. The third kappa shape index (κ3) is 3.96. The molecule has 2 rings (SSSR count). The van der Waals surface area contributed by atoms with E-state index in [1.54, 1.807) is 4.90 Å². The average Bonchev–Trinajstić information content (AvgIpc) is 2.81. The highest BCUT2D eigenvalue weighted by Crippen LogP contribution is 2.32. The summed E-state index contributed by atoms with van der Waals surface area (Å²) in [6.45, 7) is 8.60. The molecular weight excluding hydrogens is 300 g/mol. The monoisotopic (exact) mass is 325 g/mol. The summed E-state index contributed by atoms with van der Waals surface area (Å²) in [4.78, 5) is 16.3. The lowest BCUT2D eigenvalue weighted by atomic mass is 9.92. The minimum Gasteiger partial charge on any atom is -0.308 e. The van der Waals surface area contributed by atoms with Crippen molar-refractivity contribution in [1.29, 1.82) is 0 Å². The molecule has 2 fully saturated rings. The number of likely N-dealkylation sites (tertiary alicyclic amines) is 1. The van der Waals surface area contributed by atoms with Gasteiger partial charge in [0.05, 0.1) is 18.5 Å². The Bertz CT molecular complexity index is 508. The van der Waals surface area contributed by atoms with E-state index in [1.807, 2.05) is 6.08 Å². The van der Waals surface area contributed by atoms with Gasteiger partial charge in [-0.15, -0.1) is 0 Å². The van der Waals surface area contributed by atoms with Crippen LogP contribution in [-0.2, 0) is 4.79 Å². The fourth-order valence-corrected chi connectivity index (χ4v) is 4.21. The number of rotatable bonds is 4. The lowest BCUT2D eigenvalue weighted by Gasteiger charge is -2.12. The molecule has 0 aromatic carbocycles. The van der Waals surface area contributed by atoms with Crippen molar-refractivity contribution < 1.29 is 9.69 Å². The Labute approximate surface area is 137 Å². The summed E-state index contributed by atoms with van der Waals surface area (Å²) in [5, 5.41) is 0. The van der Waals surface area contributed by atoms with E-state index >= 15 is 0 Å². The molecule has 5 heteroatoms. The fraction of sp³-hybridized carbons (Fsp3) is 0.625. The van der Waals surface area contributed by atoms with Gasteiger partial charge in [0.25, 0.3) is 5.91 Å². The van der Waals surface area contributed by atoms with Gasteiger partial charge in [0, 0.05) is 18.4 Å². The smallest absolute Gasteiger partial charge is 0.266 e. The number of nitrogens with zero attached hydrogens (tertiary/aromatic N) is 1. The zero-order valence-electron chi connectivity index (χ0n) is 13.4. The van der Waals surface area contributed by atoms with Gasteiger partial charge in [0.15, 0.2) is 0 Å². The molecule has 0 spiro atoms. The van der Waals surface area contributed by atoms with Crippen LogP contribution in [0.25, 0.3) is 0 Å². The number of carbonyl (C=O) groups excluding carboxylic acids is 1. The molecule has 0 aromatic rings. The molecule has 1 atom stereocenters. The summed E-state index contributed by atoms with van der Waals surface area (Å²) in [5.74, 6) is 0.0743. The molecule has 0 aliphatic carbocycles. The van der Waals surface area contributed by atoms with Crippen molar-refractivity contribution in [3.63, 3.8) is 0 Å². The Hall–Kier alpha value is -0.650. The zero-order chi connectivity index (χ0) is 15.6. The maximum atomic E-state index is 12.3. The number of carbonyl (C=O) groups is 1. The first-order valence-corrected chi connectivity index (χ1v) is 8.84. The highest BCUT2D eigenvalue weighted by molar-refractivity contribution is 8.26. The number of nitrogens with one attached hydrogen (secondary N) is 1. The lowest BCUT2D eigenvalue weighted by molar-refractivity contribution is -0.832. The Morgan fingerprint density at radius 1 is 1.43 bits per heavy atom. The van der Waals surface area contributed by atoms with Crippen LogP contribution < -0.4 is 4.90 Å². The van der Waals surface area contributed by atoms with Crippen molar-refractivity contribution >= 4 is 34.2 Å². The summed E-state index contributed by atoms with van der Waals surface area (Å²) in [7, 11) is 2.20. The van der Waals surface area contributed by atoms with Crippen LogP contribution in [0.15, 0.2) is 22.8 Å². The quantitative estimate of drug-likeness (QED) is 0.634. The van der Waals surface area contributed by atoms with Crippen LogP contribution in [0.5, 0.6) is 0 Å². The van der Waals surface area contributed by atoms with E-state index in [9.17, 15) is 4.79 Å². The van der Waals surface area contributed by atoms with Crippen molar-refractivity contribution in [3.8, 4) is 0 Å². The summed E-state index contributed by atoms with van der Waals surface area (Å²) < 4.78 is 0.700. The van der Waals surface area contributed by atoms with Crippen LogP contribution in [0, 0.1) is 5.41 Å². The van der Waals surface area contributed by atoms with E-state index in [2.05, 4.69) is 33.9 Å². The molecule has 2 heterocycles. The third-order valence-corrected chi connectivity index (χ3v) is 5.40. The summed E-state index contributed by atoms with van der Waals surface area (Å²) in [6, 6.07) is 0. The standard InChI is InChI=1S/C16H24N2OS2/c1-5-6-9-18-14(19)13(21-15(18)20)8-7-12-10-16(2,3)11-17(12)4/h7-8H,5-6,9-11H2,1-4H3/p+1/b12-7-,13-8-. The van der Waals surface area contributed by atoms with E-state index in [1.165, 1.54) is 22.4 Å². The number of thioether (sulfide) groups is 1. The molecule has 116 valence electrons. The number of amides is 1. The Morgan fingerprint density at radius 2 is 2.14 bits per heavy atom. The van der Waals surface area contributed by atoms with Crippen LogP contribution in [0.4, 0.5) is 0 Å². The topological polar surface area (TPSA) is 24.8 Å². The van der Waals surface area contributed by atoms with Gasteiger partial charge in [-0.1, -0.05) is 51.2 Å². The first-order chi connectivity index (χ1) is 9.84. The average molecular weight is 326 g/mol. The lowest BCUT2D eigenvalue weighted by Crippen LogP contribution is -3.05. The minimum atomic E-state index is 0.0743. The Balaban J connectivity index is 2.09. The van der Waals surface area contributed by atoms with Crippen molar-refractivity contribution in [2.45, 2.75) is 40.0 Å². The predicted octanol–water partition coefficient (Wildman–Crippen LogP) is 2.36. The second-order valence-electron chi connectivity index (χ2n) is 6.70. The first-order valence-electron chi connectivity index (χ1n) is 7.61. The van der Waals surface area contributed by atoms with Gasteiger partial charge >= 0.3 is 0 Å². The second kappa shape index (κ2) is 6.63. The van der Waals surface area contributed by atoms with Crippen LogP contribution in [0.1, 0.15) is 40.0 Å². The van der Waals surface area contributed by atoms with Gasteiger partial charge in [-0.25, -0.2) is 0 Å². The molecule has 2 aliphatic rings. The molecule has 0 aromatic heterocycles. The van der Waals surface area contributed by atoms with Crippen LogP contribution >= 0.6 is 24.0 Å². The molecule has 0 radical (unpaired) electrons. The number of hydrogen-bond acceptors (Lipinski definition) is 3. The highest BCUT2D eigenvalue weighted by atomic mass is 32.2. The van der Waals surface area contributed by atoms with E-state index in [4.69, 9.17) is 12.2 Å². The normalized spacial score (nSPS) is 29.1. The van der Waals surface area contributed by atoms with E-state index in [0.717, 1.165) is 37.3 Å². The minimum absolute atomic E-state index is 0.0743. The third-order valence-electron chi connectivity index (χ3n) is 4.01. The van der Waals surface area contributed by atoms with Crippen molar-refractivity contribution in [2.75, 3.05) is 20.1 Å². The number of hydrogen-bond donors (Lipinski definition) is 1. The van der Waals surface area contributed by atoms with Crippen molar-refractivity contribution in [3.05, 3.63) is 22.8 Å². The summed E-state index contributed by atoms with van der Waals surface area (Å²) in [6.07, 6.45) is 7.25. The number of thiocarbonyl (C=S) groups is 1. The molecule has 21 heavy (non-hydrogen) atoms. The molecule has 3 nitrogen and oxygen atoms in total. The van der Waals surface area contributed by atoms with E-state index < -0.39 is 0 Å². The largest absolute Gasteiger partial charge is 0.308 e. The molecule has 0 bridgehead atoms. The molecular formula is C16H25N2OS2+. The molecule has 2 saturated heterocycles. The first kappa shape index (κ1) is 16.7. The maximum absolute atomic E-state index is 12.3. The van der Waals surface area contributed by atoms with Gasteiger partial charge in [-0.05, 0) is 18.6 Å². The Morgan fingerprint density at radius 3 is 2.71 bits per heavy atom. The fourth-order valence-electron chi connectivity index (χ4n) is 2.96. The van der Waals surface area contributed by atoms with E-state index in [0.29, 0.717) is 9.74 Å². The molecule has 0 saturated carbocycles. The molecule has 1 N–H and O–H groups in total. The molecule has 1 amide bonds. The van der Waals surface area contributed by atoms with Crippen LogP contribution in [-0.4, -0.2) is 35.3 Å². The van der Waals surface area contributed by atoms with Gasteiger partial charge in [0.2, 0.25) is 0 Å². The van der Waals surface area contributed by atoms with Crippen LogP contribution in [0.2, 0.25) is 0 Å². The van der Waals surface area contributed by atoms with E-state index in [-0.39, 0.29) is 5.91 Å². The SMILES string of the molecule is CCCCN1C(=O)/C(=C/C=C2/CC(C)(C)C[NH+]2C)SC1=S. The Kier molecular flexibility index (Phi) is 5.28. The maximum Gasteiger partial charge on any atom is 0.266 e. The molecule has 1 unspecified atom stereocenters. The molecule has 2 aliphatic heterocycles. The van der Waals surface area contributed by atoms with Crippen molar-refractivity contribution in [1.82, 2.24) is 4.90 Å². The van der Waals surface area contributed by atoms with Crippen molar-refractivity contribution in [2.24, 2.45) is 5.41 Å². The zero-order valence-corrected chi connectivity index (χ0v) is 15.0. The predicted molar refractivity (Wildman–Crippen MR) is 93.1 cm³/mol. The second-order valence-corrected chi connectivity index (χ2v) is 8.37. The van der Waals surface area contributed by atoms with Gasteiger partial charge < -0.3 is 4.90 Å². The van der Waals surface area contributed by atoms with Gasteiger partial charge in [-0.3, -0.25) is 9.69 Å². The highest BCUT2D eigenvalue weighted by Gasteiger charge is 2.35. The summed E-state index contributed by atoms with van der Waals surface area (Å²) in [5.41, 5.74) is 1.72.